The number of hydrogen-bond donors (Lipinski definition) is 1. The summed E-state index contributed by atoms with van der Waals surface area (Å²) >= 11 is 0. The average molecular weight is 329 g/mol. The molecule has 0 heterocycles. The first-order valence-electron chi connectivity index (χ1n) is 8.55. The molecule has 0 saturated carbocycles. The molecule has 0 fully saturated rings. The fraction of sp³-hybridized carbons (Fsp3) is 0.174. The van der Waals surface area contributed by atoms with Crippen LogP contribution in [-0.4, -0.2) is 5.91 Å². The summed E-state index contributed by atoms with van der Waals surface area (Å²) in [5.74, 6) is -0.0554. The van der Waals surface area contributed by atoms with Gasteiger partial charge in [0.05, 0.1) is 6.04 Å². The maximum atomic E-state index is 12.9. The lowest BCUT2D eigenvalue weighted by Gasteiger charge is -2.22. The topological polar surface area (TPSA) is 29.1 Å². The Bertz CT molecular complexity index is 884. The molecule has 0 aliphatic carbocycles. The van der Waals surface area contributed by atoms with Gasteiger partial charge in [-0.3, -0.25) is 4.79 Å². The number of carbonyl (C=O) groups excluding carboxylic acids is 1. The SMILES string of the molecule is Cc1ccc(C(=O)N[C@H](c2ccccc2)c2ccccc2C)cc1C. The van der Waals surface area contributed by atoms with Crippen LogP contribution in [0.4, 0.5) is 0 Å². The van der Waals surface area contributed by atoms with E-state index >= 15 is 0 Å². The van der Waals surface area contributed by atoms with Gasteiger partial charge in [0.1, 0.15) is 0 Å². The summed E-state index contributed by atoms with van der Waals surface area (Å²) in [7, 11) is 0. The third kappa shape index (κ3) is 3.80. The Morgan fingerprint density at radius 3 is 2.12 bits per heavy atom. The minimum Gasteiger partial charge on any atom is -0.341 e. The first-order valence-corrected chi connectivity index (χ1v) is 8.55. The molecule has 126 valence electrons. The van der Waals surface area contributed by atoms with Crippen LogP contribution < -0.4 is 5.32 Å². The molecule has 25 heavy (non-hydrogen) atoms. The van der Waals surface area contributed by atoms with Crippen LogP contribution in [0.3, 0.4) is 0 Å². The van der Waals surface area contributed by atoms with Gasteiger partial charge in [0, 0.05) is 5.56 Å². The molecule has 0 bridgehead atoms. The van der Waals surface area contributed by atoms with Gasteiger partial charge >= 0.3 is 0 Å². The highest BCUT2D eigenvalue weighted by atomic mass is 16.1. The number of carbonyl (C=O) groups is 1. The zero-order chi connectivity index (χ0) is 17.8. The number of amides is 1. The Kier molecular flexibility index (Phi) is 4.99. The summed E-state index contributed by atoms with van der Waals surface area (Å²) in [6, 6.07) is 24.0. The van der Waals surface area contributed by atoms with Crippen LogP contribution in [0.5, 0.6) is 0 Å². The molecule has 0 radical (unpaired) electrons. The lowest BCUT2D eigenvalue weighted by atomic mass is 9.94. The number of hydrogen-bond acceptors (Lipinski definition) is 1. The van der Waals surface area contributed by atoms with Crippen molar-refractivity contribution in [2.45, 2.75) is 26.8 Å². The number of aryl methyl sites for hydroxylation is 3. The summed E-state index contributed by atoms with van der Waals surface area (Å²) in [6.45, 7) is 6.16. The molecular weight excluding hydrogens is 306 g/mol. The van der Waals surface area contributed by atoms with E-state index < -0.39 is 0 Å². The lowest BCUT2D eigenvalue weighted by Crippen LogP contribution is -2.29. The van der Waals surface area contributed by atoms with Crippen LogP contribution in [0.15, 0.2) is 72.8 Å². The summed E-state index contributed by atoms with van der Waals surface area (Å²) < 4.78 is 0. The van der Waals surface area contributed by atoms with E-state index in [1.807, 2.05) is 55.5 Å². The fourth-order valence-corrected chi connectivity index (χ4v) is 2.99. The summed E-state index contributed by atoms with van der Waals surface area (Å²) in [5.41, 5.74) is 6.36. The van der Waals surface area contributed by atoms with Gasteiger partial charge in [-0.05, 0) is 60.7 Å². The lowest BCUT2D eigenvalue weighted by molar-refractivity contribution is 0.0943. The second-order valence-corrected chi connectivity index (χ2v) is 6.47. The third-order valence-corrected chi connectivity index (χ3v) is 4.68. The molecule has 1 amide bonds. The molecule has 1 atom stereocenters. The Morgan fingerprint density at radius 2 is 1.44 bits per heavy atom. The molecule has 2 heteroatoms. The van der Waals surface area contributed by atoms with Gasteiger partial charge in [0.2, 0.25) is 0 Å². The predicted octanol–water partition coefficient (Wildman–Crippen LogP) is 5.13. The van der Waals surface area contributed by atoms with Crippen molar-refractivity contribution in [3.63, 3.8) is 0 Å². The van der Waals surface area contributed by atoms with Gasteiger partial charge in [-0.2, -0.15) is 0 Å². The molecule has 1 N–H and O–H groups in total. The van der Waals surface area contributed by atoms with Crippen molar-refractivity contribution in [3.05, 3.63) is 106 Å². The first-order chi connectivity index (χ1) is 12.1. The van der Waals surface area contributed by atoms with Gasteiger partial charge in [0.25, 0.3) is 5.91 Å². The smallest absolute Gasteiger partial charge is 0.252 e. The van der Waals surface area contributed by atoms with Gasteiger partial charge in [-0.1, -0.05) is 60.7 Å². The van der Waals surface area contributed by atoms with E-state index in [1.165, 1.54) is 5.56 Å². The van der Waals surface area contributed by atoms with Crippen LogP contribution in [0, 0.1) is 20.8 Å². The van der Waals surface area contributed by atoms with E-state index in [1.54, 1.807) is 0 Å². The fourth-order valence-electron chi connectivity index (χ4n) is 2.99. The van der Waals surface area contributed by atoms with E-state index in [2.05, 4.69) is 43.4 Å². The molecule has 3 aromatic rings. The minimum atomic E-state index is -0.170. The van der Waals surface area contributed by atoms with Gasteiger partial charge < -0.3 is 5.32 Å². The summed E-state index contributed by atoms with van der Waals surface area (Å²) in [4.78, 5) is 12.9. The summed E-state index contributed by atoms with van der Waals surface area (Å²) in [5, 5.41) is 3.21. The Hall–Kier alpha value is -2.87. The average Bonchev–Trinajstić information content (AvgIpc) is 2.63. The van der Waals surface area contributed by atoms with Crippen molar-refractivity contribution in [3.8, 4) is 0 Å². The summed E-state index contributed by atoms with van der Waals surface area (Å²) in [6.07, 6.45) is 0. The third-order valence-electron chi connectivity index (χ3n) is 4.68. The van der Waals surface area contributed by atoms with E-state index in [9.17, 15) is 4.79 Å². The van der Waals surface area contributed by atoms with E-state index in [-0.39, 0.29) is 11.9 Å². The quantitative estimate of drug-likeness (QED) is 0.706. The highest BCUT2D eigenvalue weighted by molar-refractivity contribution is 5.95. The zero-order valence-electron chi connectivity index (χ0n) is 14.9. The Morgan fingerprint density at radius 1 is 0.760 bits per heavy atom. The van der Waals surface area contributed by atoms with E-state index in [0.29, 0.717) is 5.56 Å². The monoisotopic (exact) mass is 329 g/mol. The highest BCUT2D eigenvalue weighted by Gasteiger charge is 2.19. The second-order valence-electron chi connectivity index (χ2n) is 6.47. The van der Waals surface area contributed by atoms with Crippen LogP contribution in [0.25, 0.3) is 0 Å². The standard InChI is InChI=1S/C23H23NO/c1-16-13-14-20(15-18(16)3)23(25)24-22(19-10-5-4-6-11-19)21-12-8-7-9-17(21)2/h4-15,22H,1-3H3,(H,24,25)/t22-/m1/s1. The Balaban J connectivity index is 1.97. The normalized spacial score (nSPS) is 11.8. The Labute approximate surface area is 149 Å². The second kappa shape index (κ2) is 7.35. The maximum Gasteiger partial charge on any atom is 0.252 e. The molecule has 0 aliphatic rings. The van der Waals surface area contributed by atoms with Crippen LogP contribution in [0.2, 0.25) is 0 Å². The molecular formula is C23H23NO. The maximum absolute atomic E-state index is 12.9. The van der Waals surface area contributed by atoms with E-state index in [0.717, 1.165) is 22.3 Å². The minimum absolute atomic E-state index is 0.0554. The van der Waals surface area contributed by atoms with Crippen molar-refractivity contribution in [2.24, 2.45) is 0 Å². The van der Waals surface area contributed by atoms with E-state index in [4.69, 9.17) is 0 Å². The zero-order valence-corrected chi connectivity index (χ0v) is 14.9. The van der Waals surface area contributed by atoms with Gasteiger partial charge in [-0.25, -0.2) is 0 Å². The molecule has 3 rings (SSSR count). The van der Waals surface area contributed by atoms with Crippen molar-refractivity contribution < 1.29 is 4.79 Å². The highest BCUT2D eigenvalue weighted by Crippen LogP contribution is 2.25. The number of rotatable bonds is 4. The molecule has 3 aromatic carbocycles. The number of nitrogens with one attached hydrogen (secondary N) is 1. The van der Waals surface area contributed by atoms with Crippen molar-refractivity contribution >= 4 is 5.91 Å². The first kappa shape index (κ1) is 17.0. The van der Waals surface area contributed by atoms with Crippen molar-refractivity contribution in [1.82, 2.24) is 5.32 Å². The van der Waals surface area contributed by atoms with Gasteiger partial charge in [-0.15, -0.1) is 0 Å². The van der Waals surface area contributed by atoms with Crippen molar-refractivity contribution in [1.29, 1.82) is 0 Å². The molecule has 2 nitrogen and oxygen atoms in total. The van der Waals surface area contributed by atoms with Crippen LogP contribution >= 0.6 is 0 Å². The molecule has 0 spiro atoms. The number of benzene rings is 3. The van der Waals surface area contributed by atoms with Crippen LogP contribution in [0.1, 0.15) is 44.2 Å². The molecule has 0 aliphatic heterocycles. The predicted molar refractivity (Wildman–Crippen MR) is 103 cm³/mol. The van der Waals surface area contributed by atoms with Gasteiger partial charge in [0.15, 0.2) is 0 Å². The van der Waals surface area contributed by atoms with Crippen LogP contribution in [-0.2, 0) is 0 Å². The van der Waals surface area contributed by atoms with Crippen molar-refractivity contribution in [2.75, 3.05) is 0 Å². The molecule has 0 unspecified atom stereocenters. The largest absolute Gasteiger partial charge is 0.341 e. The molecule has 0 aromatic heterocycles. The molecule has 0 saturated heterocycles.